The van der Waals surface area contributed by atoms with E-state index in [9.17, 15) is 0 Å². The largest absolute Gasteiger partial charge is 0.454 e. The molecule has 266 valence electrons. The summed E-state index contributed by atoms with van der Waals surface area (Å²) in [5.41, 5.74) is 15.9. The first-order valence-electron chi connectivity index (χ1n) is 19.5. The smallest absolute Gasteiger partial charge is 0.159 e. The van der Waals surface area contributed by atoms with Gasteiger partial charge in [-0.2, -0.15) is 0 Å². The van der Waals surface area contributed by atoms with Gasteiger partial charge in [0, 0.05) is 38.0 Å². The van der Waals surface area contributed by atoms with Crippen molar-refractivity contribution < 1.29 is 4.42 Å². The number of hydrogen-bond acceptors (Lipinski definition) is 1. The average molecular weight is 727 g/mol. The van der Waals surface area contributed by atoms with Gasteiger partial charge in [-0.05, 0) is 94.0 Å². The fraction of sp³-hybridized carbons (Fsp3) is 0. The van der Waals surface area contributed by atoms with Crippen molar-refractivity contribution in [1.82, 2.24) is 9.13 Å². The van der Waals surface area contributed by atoms with E-state index in [0.29, 0.717) is 0 Å². The van der Waals surface area contributed by atoms with Crippen LogP contribution in [-0.2, 0) is 0 Å². The SMILES string of the molecule is c1ccc(-c2ccc(-n3c4ccc(-c5ccc6c(c5)c5ccccc5n6-c5cccc6c5oc5ccccc56)cc4c4c(-c5ccccc5)cccc43)cc2)cc1. The molecule has 0 bridgehead atoms. The highest BCUT2D eigenvalue weighted by Crippen LogP contribution is 2.42. The molecule has 0 aliphatic carbocycles. The third-order valence-electron chi connectivity index (χ3n) is 11.7. The molecule has 0 saturated heterocycles. The highest BCUT2D eigenvalue weighted by atomic mass is 16.3. The molecule has 0 aliphatic rings. The van der Waals surface area contributed by atoms with E-state index in [1.165, 1.54) is 66.0 Å². The van der Waals surface area contributed by atoms with Crippen LogP contribution >= 0.6 is 0 Å². The molecule has 3 heteroatoms. The molecule has 57 heavy (non-hydrogen) atoms. The van der Waals surface area contributed by atoms with Crippen LogP contribution in [0.25, 0.3) is 110 Å². The van der Waals surface area contributed by atoms with Crippen LogP contribution in [0.1, 0.15) is 0 Å². The van der Waals surface area contributed by atoms with E-state index in [1.807, 2.05) is 6.07 Å². The number of benzene rings is 9. The number of nitrogens with zero attached hydrogens (tertiary/aromatic N) is 2. The molecular weight excluding hydrogens is 693 g/mol. The standard InChI is InChI=1S/C54H34N2O/c1-3-13-35(14-4-1)36-25-29-40(30-26-36)55-49-32-28-39(34-46(49)53-41(19-11-22-50(53)55)37-15-5-2-6-16-37)38-27-31-48-45(33-38)42-17-7-9-21-47(42)56(48)51-23-12-20-44-43-18-8-10-24-52(43)57-54(44)51/h1-34H. The topological polar surface area (TPSA) is 23.0 Å². The van der Waals surface area contributed by atoms with Gasteiger partial charge in [0.25, 0.3) is 0 Å². The second kappa shape index (κ2) is 12.5. The average Bonchev–Trinajstić information content (AvgIpc) is 3.94. The third-order valence-corrected chi connectivity index (χ3v) is 11.7. The zero-order valence-electron chi connectivity index (χ0n) is 30.9. The first kappa shape index (κ1) is 31.7. The summed E-state index contributed by atoms with van der Waals surface area (Å²) in [5, 5.41) is 7.17. The first-order valence-corrected chi connectivity index (χ1v) is 19.5. The molecule has 0 aliphatic heterocycles. The Morgan fingerprint density at radius 1 is 0.316 bits per heavy atom. The molecule has 0 spiro atoms. The highest BCUT2D eigenvalue weighted by Gasteiger charge is 2.20. The Bertz CT molecular complexity index is 3490. The molecule has 3 nitrogen and oxygen atoms in total. The molecule has 0 unspecified atom stereocenters. The Kier molecular flexibility index (Phi) is 6.93. The van der Waals surface area contributed by atoms with Gasteiger partial charge in [-0.1, -0.05) is 146 Å². The van der Waals surface area contributed by atoms with Gasteiger partial charge in [-0.15, -0.1) is 0 Å². The van der Waals surface area contributed by atoms with E-state index in [2.05, 4.69) is 209 Å². The minimum Gasteiger partial charge on any atom is -0.454 e. The Morgan fingerprint density at radius 3 is 1.67 bits per heavy atom. The number of furan rings is 1. The van der Waals surface area contributed by atoms with Crippen LogP contribution in [0, 0.1) is 0 Å². The lowest BCUT2D eigenvalue weighted by atomic mass is 9.97. The van der Waals surface area contributed by atoms with Crippen molar-refractivity contribution in [2.24, 2.45) is 0 Å². The van der Waals surface area contributed by atoms with Crippen LogP contribution in [0.5, 0.6) is 0 Å². The molecule has 12 aromatic rings. The monoisotopic (exact) mass is 726 g/mol. The second-order valence-electron chi connectivity index (χ2n) is 14.9. The summed E-state index contributed by atoms with van der Waals surface area (Å²) in [6.45, 7) is 0. The number of para-hydroxylation sites is 3. The van der Waals surface area contributed by atoms with Crippen molar-refractivity contribution in [2.75, 3.05) is 0 Å². The normalized spacial score (nSPS) is 11.9. The summed E-state index contributed by atoms with van der Waals surface area (Å²) < 4.78 is 11.3. The molecule has 0 fully saturated rings. The van der Waals surface area contributed by atoms with Crippen molar-refractivity contribution in [1.29, 1.82) is 0 Å². The van der Waals surface area contributed by atoms with Crippen LogP contribution in [0.4, 0.5) is 0 Å². The maximum Gasteiger partial charge on any atom is 0.159 e. The van der Waals surface area contributed by atoms with Crippen LogP contribution < -0.4 is 0 Å². The van der Waals surface area contributed by atoms with Crippen LogP contribution in [0.3, 0.4) is 0 Å². The molecule has 0 amide bonds. The number of rotatable bonds is 5. The molecule has 12 rings (SSSR count). The van der Waals surface area contributed by atoms with Crippen molar-refractivity contribution in [3.63, 3.8) is 0 Å². The quantitative estimate of drug-likeness (QED) is 0.173. The number of aromatic nitrogens is 2. The van der Waals surface area contributed by atoms with Crippen molar-refractivity contribution in [3.8, 4) is 44.8 Å². The second-order valence-corrected chi connectivity index (χ2v) is 14.9. The summed E-state index contributed by atoms with van der Waals surface area (Å²) >= 11 is 0. The van der Waals surface area contributed by atoms with Gasteiger partial charge in [0.2, 0.25) is 0 Å². The number of hydrogen-bond donors (Lipinski definition) is 0. The molecule has 0 N–H and O–H groups in total. The summed E-state index contributed by atoms with van der Waals surface area (Å²) in [7, 11) is 0. The zero-order valence-corrected chi connectivity index (χ0v) is 30.9. The Hall–Kier alpha value is -7.62. The van der Waals surface area contributed by atoms with E-state index in [0.717, 1.165) is 44.3 Å². The van der Waals surface area contributed by atoms with Crippen LogP contribution in [0.2, 0.25) is 0 Å². The fourth-order valence-electron chi connectivity index (χ4n) is 9.14. The Morgan fingerprint density at radius 2 is 0.877 bits per heavy atom. The molecule has 9 aromatic carbocycles. The van der Waals surface area contributed by atoms with E-state index in [-0.39, 0.29) is 0 Å². The van der Waals surface area contributed by atoms with E-state index in [4.69, 9.17) is 4.42 Å². The van der Waals surface area contributed by atoms with Crippen molar-refractivity contribution in [2.45, 2.75) is 0 Å². The summed E-state index contributed by atoms with van der Waals surface area (Å²) in [6.07, 6.45) is 0. The summed E-state index contributed by atoms with van der Waals surface area (Å²) in [4.78, 5) is 0. The van der Waals surface area contributed by atoms with Crippen LogP contribution in [0.15, 0.2) is 211 Å². The molecule has 3 aromatic heterocycles. The van der Waals surface area contributed by atoms with Crippen molar-refractivity contribution in [3.05, 3.63) is 206 Å². The van der Waals surface area contributed by atoms with Gasteiger partial charge in [0.15, 0.2) is 5.58 Å². The van der Waals surface area contributed by atoms with Gasteiger partial charge in [-0.25, -0.2) is 0 Å². The van der Waals surface area contributed by atoms with E-state index < -0.39 is 0 Å². The van der Waals surface area contributed by atoms with Crippen molar-refractivity contribution >= 4 is 65.6 Å². The molecule has 0 atom stereocenters. The van der Waals surface area contributed by atoms with Gasteiger partial charge in [0.1, 0.15) is 5.58 Å². The fourth-order valence-corrected chi connectivity index (χ4v) is 9.14. The predicted molar refractivity (Wildman–Crippen MR) is 239 cm³/mol. The molecule has 3 heterocycles. The zero-order chi connectivity index (χ0) is 37.5. The van der Waals surface area contributed by atoms with Gasteiger partial charge < -0.3 is 13.6 Å². The third kappa shape index (κ3) is 4.86. The Balaban J connectivity index is 1.06. The minimum atomic E-state index is 0.899. The molecule has 0 radical (unpaired) electrons. The lowest BCUT2D eigenvalue weighted by Crippen LogP contribution is -1.94. The van der Waals surface area contributed by atoms with Crippen LogP contribution in [-0.4, -0.2) is 9.13 Å². The summed E-state index contributed by atoms with van der Waals surface area (Å²) in [6, 6.07) is 74.4. The maximum absolute atomic E-state index is 6.55. The summed E-state index contributed by atoms with van der Waals surface area (Å²) in [5.74, 6) is 0. The van der Waals surface area contributed by atoms with Gasteiger partial charge in [0.05, 0.1) is 27.8 Å². The van der Waals surface area contributed by atoms with E-state index in [1.54, 1.807) is 0 Å². The van der Waals surface area contributed by atoms with Gasteiger partial charge >= 0.3 is 0 Å². The lowest BCUT2D eigenvalue weighted by molar-refractivity contribution is 0.666. The van der Waals surface area contributed by atoms with Gasteiger partial charge in [-0.3, -0.25) is 0 Å². The Labute approximate surface area is 328 Å². The minimum absolute atomic E-state index is 0.899. The highest BCUT2D eigenvalue weighted by molar-refractivity contribution is 6.17. The predicted octanol–water partition coefficient (Wildman–Crippen LogP) is 14.8. The number of fused-ring (bicyclic) bond motifs is 9. The molecule has 0 saturated carbocycles. The maximum atomic E-state index is 6.55. The molecular formula is C54H34N2O. The van der Waals surface area contributed by atoms with E-state index >= 15 is 0 Å². The lowest BCUT2D eigenvalue weighted by Gasteiger charge is -2.10. The first-order chi connectivity index (χ1) is 28.3.